The molecule has 10 nitrogen and oxygen atoms in total. The zero-order chi connectivity index (χ0) is 24.1. The van der Waals surface area contributed by atoms with Gasteiger partial charge >= 0.3 is 0 Å². The van der Waals surface area contributed by atoms with Gasteiger partial charge in [-0.05, 0) is 31.8 Å². The van der Waals surface area contributed by atoms with Gasteiger partial charge in [-0.15, -0.1) is 0 Å². The summed E-state index contributed by atoms with van der Waals surface area (Å²) in [5.41, 5.74) is 0.488. The van der Waals surface area contributed by atoms with Crippen LogP contribution in [0.4, 0.5) is 0 Å². The number of carbonyl (C=O) groups excluding carboxylic acids is 2. The van der Waals surface area contributed by atoms with E-state index in [0.717, 1.165) is 12.8 Å². The molecule has 0 radical (unpaired) electrons. The van der Waals surface area contributed by atoms with E-state index >= 15 is 0 Å². The van der Waals surface area contributed by atoms with Crippen molar-refractivity contribution in [1.29, 1.82) is 0 Å². The number of rotatable bonds is 6. The van der Waals surface area contributed by atoms with Gasteiger partial charge in [-0.25, -0.2) is 0 Å². The van der Waals surface area contributed by atoms with E-state index in [4.69, 9.17) is 4.74 Å². The van der Waals surface area contributed by atoms with Gasteiger partial charge in [0, 0.05) is 49.2 Å². The smallest absolute Gasteiger partial charge is 0.291 e. The first kappa shape index (κ1) is 22.6. The normalized spacial score (nSPS) is 22.3. The highest BCUT2D eigenvalue weighted by Crippen LogP contribution is 2.30. The summed E-state index contributed by atoms with van der Waals surface area (Å²) in [7, 11) is 0. The molecule has 182 valence electrons. The monoisotopic (exact) mass is 469 g/mol. The summed E-state index contributed by atoms with van der Waals surface area (Å²) in [6, 6.07) is 0.0427. The lowest BCUT2D eigenvalue weighted by atomic mass is 10.0. The molecule has 5 rings (SSSR count). The van der Waals surface area contributed by atoms with Crippen molar-refractivity contribution in [1.82, 2.24) is 24.4 Å². The van der Waals surface area contributed by atoms with E-state index in [2.05, 4.69) is 10.4 Å². The molecular formula is C24H31N5O5. The molecule has 0 bridgehead atoms. The molecule has 0 aromatic carbocycles. The molecule has 2 saturated heterocycles. The van der Waals surface area contributed by atoms with Crippen LogP contribution in [0.25, 0.3) is 11.7 Å². The highest BCUT2D eigenvalue weighted by Gasteiger charge is 2.38. The summed E-state index contributed by atoms with van der Waals surface area (Å²) in [4.78, 5) is 40.7. The van der Waals surface area contributed by atoms with Crippen LogP contribution in [0.15, 0.2) is 10.9 Å². The third kappa shape index (κ3) is 4.00. The number of carbonyl (C=O) groups is 2. The number of aryl methyl sites for hydroxylation is 1. The van der Waals surface area contributed by atoms with Crippen molar-refractivity contribution in [2.24, 2.45) is 17.8 Å². The first-order chi connectivity index (χ1) is 16.2. The van der Waals surface area contributed by atoms with Gasteiger partial charge in [-0.2, -0.15) is 9.61 Å². The number of nitrogens with one attached hydrogen (secondary N) is 1. The number of aromatic nitrogens is 3. The van der Waals surface area contributed by atoms with Crippen molar-refractivity contribution in [3.8, 4) is 5.88 Å². The lowest BCUT2D eigenvalue weighted by molar-refractivity contribution is -0.125. The molecule has 1 saturated carbocycles. The molecule has 3 aliphatic rings. The number of hydrogen-bond donors (Lipinski definition) is 2. The van der Waals surface area contributed by atoms with Crippen LogP contribution in [-0.2, 0) is 16.1 Å². The predicted octanol–water partition coefficient (Wildman–Crippen LogP) is 1.18. The van der Waals surface area contributed by atoms with Crippen molar-refractivity contribution in [3.63, 3.8) is 0 Å². The van der Waals surface area contributed by atoms with Crippen LogP contribution in [-0.4, -0.2) is 68.3 Å². The van der Waals surface area contributed by atoms with Gasteiger partial charge < -0.3 is 20.1 Å². The summed E-state index contributed by atoms with van der Waals surface area (Å²) < 4.78 is 8.21. The second kappa shape index (κ2) is 8.57. The van der Waals surface area contributed by atoms with Crippen LogP contribution < -0.4 is 10.9 Å². The van der Waals surface area contributed by atoms with Gasteiger partial charge in [-0.1, -0.05) is 13.8 Å². The Bertz CT molecular complexity index is 1230. The lowest BCUT2D eigenvalue weighted by Gasteiger charge is -2.17. The van der Waals surface area contributed by atoms with E-state index in [0.29, 0.717) is 61.6 Å². The SMILES string of the molecule is Cc1nn2c(=O)c(C(=O)NC3CC3)c(O)n(CC(C)C)c2c1/C=C/C(=O)N1C[C@H]2COC[C@H]2C1. The maximum absolute atomic E-state index is 13.2. The van der Waals surface area contributed by atoms with Crippen molar-refractivity contribution < 1.29 is 19.4 Å². The van der Waals surface area contributed by atoms with Gasteiger partial charge in [0.2, 0.25) is 11.8 Å². The zero-order valence-electron chi connectivity index (χ0n) is 19.8. The minimum Gasteiger partial charge on any atom is -0.494 e. The fourth-order valence-electron chi connectivity index (χ4n) is 4.91. The van der Waals surface area contributed by atoms with Crippen LogP contribution in [0.1, 0.15) is 48.3 Å². The van der Waals surface area contributed by atoms with E-state index in [1.54, 1.807) is 17.6 Å². The summed E-state index contributed by atoms with van der Waals surface area (Å²) >= 11 is 0. The fraction of sp³-hybridized carbons (Fsp3) is 0.583. The van der Waals surface area contributed by atoms with Crippen LogP contribution in [0.3, 0.4) is 0 Å². The summed E-state index contributed by atoms with van der Waals surface area (Å²) in [5.74, 6) is -0.160. The van der Waals surface area contributed by atoms with E-state index in [9.17, 15) is 19.5 Å². The number of amides is 2. The summed E-state index contributed by atoms with van der Waals surface area (Å²) in [6.45, 7) is 8.83. The first-order valence-electron chi connectivity index (χ1n) is 11.9. The molecule has 1 aliphatic carbocycles. The molecule has 34 heavy (non-hydrogen) atoms. The van der Waals surface area contributed by atoms with Gasteiger partial charge in [0.05, 0.1) is 18.9 Å². The molecule has 4 heterocycles. The molecular weight excluding hydrogens is 438 g/mol. The average molecular weight is 470 g/mol. The largest absolute Gasteiger partial charge is 0.494 e. The van der Waals surface area contributed by atoms with Gasteiger partial charge in [0.15, 0.2) is 5.56 Å². The number of aromatic hydroxyl groups is 1. The van der Waals surface area contributed by atoms with Gasteiger partial charge in [0.25, 0.3) is 11.5 Å². The van der Waals surface area contributed by atoms with E-state index in [1.165, 1.54) is 10.6 Å². The maximum Gasteiger partial charge on any atom is 0.291 e. The molecule has 10 heteroatoms. The quantitative estimate of drug-likeness (QED) is 0.614. The second-order valence-electron chi connectivity index (χ2n) is 10.1. The molecule has 2 amide bonds. The third-order valence-corrected chi connectivity index (χ3v) is 6.85. The summed E-state index contributed by atoms with van der Waals surface area (Å²) in [5, 5.41) is 18.2. The molecule has 2 aliphatic heterocycles. The standard InChI is InChI=1S/C24H31N5O5/c1-13(2)8-28-22-18(6-7-19(30)27-9-15-11-34-12-16(15)10-27)14(3)26-29(22)24(33)20(23(28)32)21(31)25-17-4-5-17/h6-7,13,15-17,32H,4-5,8-12H2,1-3H3,(H,25,31)/b7-6+/t15-,16+. The molecule has 3 fully saturated rings. The Morgan fingerprint density at radius 1 is 1.24 bits per heavy atom. The Kier molecular flexibility index (Phi) is 5.71. The van der Waals surface area contributed by atoms with Crippen LogP contribution in [0, 0.1) is 24.7 Å². The number of nitrogens with zero attached hydrogens (tertiary/aromatic N) is 4. The minimum absolute atomic E-state index is 0.0427. The predicted molar refractivity (Wildman–Crippen MR) is 125 cm³/mol. The molecule has 2 atom stereocenters. The Morgan fingerprint density at radius 2 is 1.91 bits per heavy atom. The molecule has 2 aromatic rings. The van der Waals surface area contributed by atoms with Gasteiger partial charge in [-0.3, -0.25) is 19.0 Å². The third-order valence-electron chi connectivity index (χ3n) is 6.85. The highest BCUT2D eigenvalue weighted by molar-refractivity contribution is 5.97. The van der Waals surface area contributed by atoms with E-state index < -0.39 is 11.5 Å². The van der Waals surface area contributed by atoms with Crippen molar-refractivity contribution in [2.45, 2.75) is 46.2 Å². The molecule has 0 spiro atoms. The van der Waals surface area contributed by atoms with Crippen LogP contribution in [0.5, 0.6) is 5.88 Å². The van der Waals surface area contributed by atoms with Gasteiger partial charge in [0.1, 0.15) is 5.65 Å². The Balaban J connectivity index is 1.53. The molecule has 2 N–H and O–H groups in total. The molecule has 2 aromatic heterocycles. The number of likely N-dealkylation sites (tertiary alicyclic amines) is 1. The second-order valence-corrected chi connectivity index (χ2v) is 10.1. The minimum atomic E-state index is -0.674. The van der Waals surface area contributed by atoms with Crippen molar-refractivity contribution in [3.05, 3.63) is 33.3 Å². The topological polar surface area (TPSA) is 118 Å². The van der Waals surface area contributed by atoms with E-state index in [-0.39, 0.29) is 29.3 Å². The van der Waals surface area contributed by atoms with Crippen LogP contribution >= 0.6 is 0 Å². The Labute approximate surface area is 197 Å². The average Bonchev–Trinajstić information content (AvgIpc) is 3.16. The summed E-state index contributed by atoms with van der Waals surface area (Å²) in [6.07, 6.45) is 4.89. The number of ether oxygens (including phenoxy) is 1. The maximum atomic E-state index is 13.2. The zero-order valence-corrected chi connectivity index (χ0v) is 19.8. The fourth-order valence-corrected chi connectivity index (χ4v) is 4.91. The number of fused-ring (bicyclic) bond motifs is 2. The highest BCUT2D eigenvalue weighted by atomic mass is 16.5. The van der Waals surface area contributed by atoms with Crippen molar-refractivity contribution >= 4 is 23.5 Å². The first-order valence-corrected chi connectivity index (χ1v) is 11.9. The molecule has 0 unspecified atom stereocenters. The number of hydrogen-bond acceptors (Lipinski definition) is 6. The van der Waals surface area contributed by atoms with E-state index in [1.807, 2.05) is 18.7 Å². The van der Waals surface area contributed by atoms with Crippen molar-refractivity contribution in [2.75, 3.05) is 26.3 Å². The Hall–Kier alpha value is -3.14. The Morgan fingerprint density at radius 3 is 2.53 bits per heavy atom. The lowest BCUT2D eigenvalue weighted by Crippen LogP contribution is -2.34. The van der Waals surface area contributed by atoms with Crippen LogP contribution in [0.2, 0.25) is 0 Å².